The first-order valence-corrected chi connectivity index (χ1v) is 9.44. The quantitative estimate of drug-likeness (QED) is 0.827. The van der Waals surface area contributed by atoms with E-state index in [1.807, 2.05) is 0 Å². The summed E-state index contributed by atoms with van der Waals surface area (Å²) in [6, 6.07) is 6.13. The number of nitrogens with zero attached hydrogens (tertiary/aromatic N) is 3. The van der Waals surface area contributed by atoms with Crippen molar-refractivity contribution < 1.29 is 18.0 Å². The fourth-order valence-corrected chi connectivity index (χ4v) is 4.29. The van der Waals surface area contributed by atoms with E-state index in [0.717, 1.165) is 5.39 Å². The van der Waals surface area contributed by atoms with E-state index in [1.165, 1.54) is 12.1 Å². The van der Waals surface area contributed by atoms with Gasteiger partial charge in [-0.15, -0.1) is 0 Å². The van der Waals surface area contributed by atoms with Crippen molar-refractivity contribution in [3.63, 3.8) is 0 Å². The predicted molar refractivity (Wildman–Crippen MR) is 99.8 cm³/mol. The lowest BCUT2D eigenvalue weighted by Crippen LogP contribution is -2.56. The number of aromatic nitrogens is 2. The van der Waals surface area contributed by atoms with Crippen LogP contribution in [0.5, 0.6) is 0 Å². The molecule has 0 aliphatic carbocycles. The maximum atomic E-state index is 12.5. The van der Waals surface area contributed by atoms with Gasteiger partial charge in [-0.25, -0.2) is 0 Å². The van der Waals surface area contributed by atoms with Gasteiger partial charge in [0.25, 0.3) is 11.1 Å². The Morgan fingerprint density at radius 3 is 2.38 bits per heavy atom. The first-order valence-electron chi connectivity index (χ1n) is 9.44. The summed E-state index contributed by atoms with van der Waals surface area (Å²) in [5.74, 6) is -1.92. The van der Waals surface area contributed by atoms with Crippen molar-refractivity contribution in [3.8, 4) is 0 Å². The lowest BCUT2D eigenvalue weighted by molar-refractivity contribution is -0.176. The Morgan fingerprint density at radius 1 is 1.14 bits per heavy atom. The Morgan fingerprint density at radius 2 is 1.76 bits per heavy atom. The van der Waals surface area contributed by atoms with Gasteiger partial charge in [0.15, 0.2) is 0 Å². The average Bonchev–Trinajstić information content (AvgIpc) is 3.03. The molecule has 0 bridgehead atoms. The van der Waals surface area contributed by atoms with Crippen LogP contribution in [-0.4, -0.2) is 51.3 Å². The van der Waals surface area contributed by atoms with Gasteiger partial charge < -0.3 is 10.2 Å². The summed E-state index contributed by atoms with van der Waals surface area (Å²) < 4.78 is 40.9. The van der Waals surface area contributed by atoms with E-state index in [-0.39, 0.29) is 17.2 Å². The van der Waals surface area contributed by atoms with Gasteiger partial charge in [0.2, 0.25) is 0 Å². The van der Waals surface area contributed by atoms with Crippen LogP contribution in [0.1, 0.15) is 25.8 Å². The number of carbonyl (C=O) groups is 1. The molecule has 1 saturated heterocycles. The highest BCUT2D eigenvalue weighted by Crippen LogP contribution is 2.28. The molecule has 7 nitrogen and oxygen atoms in total. The van der Waals surface area contributed by atoms with E-state index in [2.05, 4.69) is 10.2 Å². The SMILES string of the molecule is CC1(NC(=O)C(F)(F)F)CCN(C[C@@H]2Cn3c(=O)ccc4ccc(=O)n2c43)CC1. The summed E-state index contributed by atoms with van der Waals surface area (Å²) in [6.45, 7) is 3.48. The Bertz CT molecular complexity index is 1080. The zero-order valence-electron chi connectivity index (χ0n) is 15.8. The van der Waals surface area contributed by atoms with Crippen LogP contribution in [0.3, 0.4) is 0 Å². The van der Waals surface area contributed by atoms with Gasteiger partial charge in [-0.2, -0.15) is 13.2 Å². The second-order valence-corrected chi connectivity index (χ2v) is 8.07. The molecule has 4 heterocycles. The Hall–Kier alpha value is -2.62. The lowest BCUT2D eigenvalue weighted by Gasteiger charge is -2.40. The van der Waals surface area contributed by atoms with E-state index >= 15 is 0 Å². The molecule has 2 aliphatic heterocycles. The number of halogens is 3. The molecule has 2 aromatic heterocycles. The van der Waals surface area contributed by atoms with Gasteiger partial charge in [-0.3, -0.25) is 23.5 Å². The minimum absolute atomic E-state index is 0.166. The van der Waals surface area contributed by atoms with Crippen LogP contribution in [0.15, 0.2) is 33.9 Å². The van der Waals surface area contributed by atoms with Gasteiger partial charge >= 0.3 is 12.1 Å². The predicted octanol–water partition coefficient (Wildman–Crippen LogP) is 1.25. The van der Waals surface area contributed by atoms with E-state index in [1.54, 1.807) is 28.2 Å². The highest BCUT2D eigenvalue weighted by Gasteiger charge is 2.43. The number of amides is 1. The molecule has 4 rings (SSSR count). The molecule has 1 N–H and O–H groups in total. The summed E-state index contributed by atoms with van der Waals surface area (Å²) in [4.78, 5) is 38.0. The van der Waals surface area contributed by atoms with Crippen molar-refractivity contribution in [2.24, 2.45) is 0 Å². The van der Waals surface area contributed by atoms with Crippen molar-refractivity contribution in [1.29, 1.82) is 0 Å². The van der Waals surface area contributed by atoms with Gasteiger partial charge in [0.1, 0.15) is 5.65 Å². The summed E-state index contributed by atoms with van der Waals surface area (Å²) in [7, 11) is 0. The standard InChI is InChI=1S/C19H21F3N4O3/c1-18(23-17(29)19(20,21)22)6-8-24(9-7-18)10-13-11-25-14(27)4-2-12-3-5-15(28)26(13)16(12)25/h2-5,13H,6-11H2,1H3,(H,23,29)/t13-/m1/s1. The fourth-order valence-electron chi connectivity index (χ4n) is 4.29. The molecule has 1 atom stereocenters. The minimum Gasteiger partial charge on any atom is -0.343 e. The highest BCUT2D eigenvalue weighted by molar-refractivity contribution is 5.82. The third-order valence-electron chi connectivity index (χ3n) is 5.92. The van der Waals surface area contributed by atoms with Crippen molar-refractivity contribution >= 4 is 16.9 Å². The maximum Gasteiger partial charge on any atom is 0.471 e. The zero-order chi connectivity index (χ0) is 21.0. The molecular weight excluding hydrogens is 389 g/mol. The number of likely N-dealkylation sites (tertiary alicyclic amines) is 1. The minimum atomic E-state index is -4.90. The Balaban J connectivity index is 1.47. The Labute approximate surface area is 163 Å². The number of alkyl halides is 3. The summed E-state index contributed by atoms with van der Waals surface area (Å²) in [5.41, 5.74) is -0.663. The smallest absolute Gasteiger partial charge is 0.343 e. The number of carbonyl (C=O) groups excluding carboxylic acids is 1. The monoisotopic (exact) mass is 410 g/mol. The van der Waals surface area contributed by atoms with Crippen molar-refractivity contribution in [3.05, 3.63) is 45.0 Å². The molecular formula is C19H21F3N4O3. The van der Waals surface area contributed by atoms with Gasteiger partial charge in [0, 0.05) is 49.2 Å². The van der Waals surface area contributed by atoms with Crippen LogP contribution in [0.2, 0.25) is 0 Å². The summed E-state index contributed by atoms with van der Waals surface area (Å²) in [5, 5.41) is 2.92. The molecule has 2 aromatic rings. The zero-order valence-corrected chi connectivity index (χ0v) is 15.8. The highest BCUT2D eigenvalue weighted by atomic mass is 19.4. The normalized spacial score (nSPS) is 21.4. The second kappa shape index (κ2) is 6.72. The molecule has 156 valence electrons. The van der Waals surface area contributed by atoms with Crippen molar-refractivity contribution in [1.82, 2.24) is 19.4 Å². The summed E-state index contributed by atoms with van der Waals surface area (Å²) in [6.07, 6.45) is -4.16. The number of hydrogen-bond acceptors (Lipinski definition) is 4. The number of piperidine rings is 1. The fraction of sp³-hybridized carbons (Fsp3) is 0.526. The van der Waals surface area contributed by atoms with Gasteiger partial charge in [-0.05, 0) is 31.9 Å². The number of nitrogens with one attached hydrogen (secondary N) is 1. The molecule has 1 fully saturated rings. The van der Waals surface area contributed by atoms with Crippen LogP contribution < -0.4 is 16.4 Å². The van der Waals surface area contributed by atoms with E-state index in [9.17, 15) is 27.6 Å². The molecule has 0 unspecified atom stereocenters. The number of hydrogen-bond donors (Lipinski definition) is 1. The number of rotatable bonds is 3. The Kier molecular flexibility index (Phi) is 4.56. The van der Waals surface area contributed by atoms with Crippen LogP contribution >= 0.6 is 0 Å². The number of pyridine rings is 2. The van der Waals surface area contributed by atoms with Crippen LogP contribution in [0.4, 0.5) is 13.2 Å². The maximum absolute atomic E-state index is 12.5. The van der Waals surface area contributed by atoms with Gasteiger partial charge in [-0.1, -0.05) is 0 Å². The molecule has 1 amide bonds. The topological polar surface area (TPSA) is 76.3 Å². The first kappa shape index (κ1) is 19.7. The van der Waals surface area contributed by atoms with Gasteiger partial charge in [0.05, 0.1) is 6.04 Å². The molecule has 0 saturated carbocycles. The first-order chi connectivity index (χ1) is 13.6. The van der Waals surface area contributed by atoms with Crippen LogP contribution in [0, 0.1) is 0 Å². The largest absolute Gasteiger partial charge is 0.471 e. The molecule has 2 aliphatic rings. The third kappa shape index (κ3) is 3.57. The van der Waals surface area contributed by atoms with Crippen LogP contribution in [-0.2, 0) is 11.3 Å². The van der Waals surface area contributed by atoms with Crippen LogP contribution in [0.25, 0.3) is 11.0 Å². The van der Waals surface area contributed by atoms with Crippen molar-refractivity contribution in [2.45, 2.75) is 44.1 Å². The lowest BCUT2D eigenvalue weighted by atomic mass is 9.89. The molecule has 0 aromatic carbocycles. The van der Waals surface area contributed by atoms with Crippen molar-refractivity contribution in [2.75, 3.05) is 19.6 Å². The second-order valence-electron chi connectivity index (χ2n) is 8.07. The van der Waals surface area contributed by atoms with E-state index in [0.29, 0.717) is 44.7 Å². The molecule has 0 spiro atoms. The molecule has 29 heavy (non-hydrogen) atoms. The van der Waals surface area contributed by atoms with E-state index in [4.69, 9.17) is 0 Å². The molecule has 10 heteroatoms. The molecule has 0 radical (unpaired) electrons. The average molecular weight is 410 g/mol. The summed E-state index contributed by atoms with van der Waals surface area (Å²) >= 11 is 0. The third-order valence-corrected chi connectivity index (χ3v) is 5.92. The van der Waals surface area contributed by atoms with E-state index < -0.39 is 17.6 Å².